The molecule has 172 valence electrons. The Morgan fingerprint density at radius 3 is 2.66 bits per heavy atom. The number of piperidine rings is 1. The summed E-state index contributed by atoms with van der Waals surface area (Å²) >= 11 is 6.16. The second-order valence-corrected chi connectivity index (χ2v) is 8.89. The highest BCUT2D eigenvalue weighted by Crippen LogP contribution is 2.24. The van der Waals surface area contributed by atoms with Crippen molar-refractivity contribution in [3.8, 4) is 0 Å². The number of nitrogens with one attached hydrogen (secondary N) is 2. The summed E-state index contributed by atoms with van der Waals surface area (Å²) in [7, 11) is 0. The van der Waals surface area contributed by atoms with Gasteiger partial charge >= 0.3 is 5.97 Å². The van der Waals surface area contributed by atoms with Crippen molar-refractivity contribution in [1.82, 2.24) is 15.2 Å². The first kappa shape index (κ1) is 23.9. The van der Waals surface area contributed by atoms with Crippen LogP contribution in [0.3, 0.4) is 0 Å². The number of rotatable bonds is 6. The third-order valence-electron chi connectivity index (χ3n) is 5.69. The molecule has 1 fully saturated rings. The normalized spacial score (nSPS) is 16.2. The minimum atomic E-state index is -0.444. The molecule has 0 radical (unpaired) electrons. The molecule has 2 heterocycles. The van der Waals surface area contributed by atoms with Gasteiger partial charge in [-0.1, -0.05) is 29.8 Å². The molecular formula is C24H30ClN3O4. The van der Waals surface area contributed by atoms with Crippen molar-refractivity contribution in [2.75, 3.05) is 13.1 Å². The molecule has 1 atom stereocenters. The Hall–Kier alpha value is -2.80. The van der Waals surface area contributed by atoms with E-state index in [1.165, 1.54) is 0 Å². The molecule has 0 bridgehead atoms. The van der Waals surface area contributed by atoms with Crippen molar-refractivity contribution in [1.29, 1.82) is 0 Å². The standard InChI is InChI=1S/C24H30ClN3O4/c1-14(2)32-24(31)20-15(3)21(27-16(20)4)23(30)28-11-7-9-18(13-28)22(29)26-12-17-8-5-6-10-19(17)25/h5-6,8,10,14,18,27H,7,9,11-13H2,1-4H3,(H,26,29)/t18-/m0/s1. The lowest BCUT2D eigenvalue weighted by molar-refractivity contribution is -0.126. The Labute approximate surface area is 193 Å². The van der Waals surface area contributed by atoms with Gasteiger partial charge in [-0.15, -0.1) is 0 Å². The van der Waals surface area contributed by atoms with E-state index in [9.17, 15) is 14.4 Å². The van der Waals surface area contributed by atoms with E-state index < -0.39 is 5.97 Å². The minimum Gasteiger partial charge on any atom is -0.459 e. The fraction of sp³-hybridized carbons (Fsp3) is 0.458. The molecule has 2 amide bonds. The van der Waals surface area contributed by atoms with E-state index in [4.69, 9.17) is 16.3 Å². The van der Waals surface area contributed by atoms with Crippen LogP contribution in [0.2, 0.25) is 5.02 Å². The number of esters is 1. The van der Waals surface area contributed by atoms with Crippen molar-refractivity contribution < 1.29 is 19.1 Å². The lowest BCUT2D eigenvalue weighted by Crippen LogP contribution is -2.45. The number of nitrogens with zero attached hydrogens (tertiary/aromatic N) is 1. The van der Waals surface area contributed by atoms with E-state index in [2.05, 4.69) is 10.3 Å². The number of hydrogen-bond acceptors (Lipinski definition) is 4. The van der Waals surface area contributed by atoms with Crippen molar-refractivity contribution in [3.05, 3.63) is 57.4 Å². The highest BCUT2D eigenvalue weighted by molar-refractivity contribution is 6.31. The summed E-state index contributed by atoms with van der Waals surface area (Å²) in [6.07, 6.45) is 1.20. The molecule has 1 aromatic carbocycles. The Morgan fingerprint density at radius 1 is 1.25 bits per heavy atom. The topological polar surface area (TPSA) is 91.5 Å². The third kappa shape index (κ3) is 5.33. The first-order chi connectivity index (χ1) is 15.2. The molecule has 1 aliphatic heterocycles. The molecule has 3 rings (SSSR count). The first-order valence-electron chi connectivity index (χ1n) is 10.9. The molecule has 0 aliphatic carbocycles. The number of ether oxygens (including phenoxy) is 1. The minimum absolute atomic E-state index is 0.0944. The number of hydrogen-bond donors (Lipinski definition) is 2. The van der Waals surface area contributed by atoms with Crippen LogP contribution >= 0.6 is 11.6 Å². The summed E-state index contributed by atoms with van der Waals surface area (Å²) in [5.74, 6) is -1.04. The summed E-state index contributed by atoms with van der Waals surface area (Å²) in [6.45, 7) is 8.30. The second-order valence-electron chi connectivity index (χ2n) is 8.48. The van der Waals surface area contributed by atoms with Crippen LogP contribution in [0.15, 0.2) is 24.3 Å². The number of carbonyl (C=O) groups is 3. The maximum atomic E-state index is 13.2. The summed E-state index contributed by atoms with van der Waals surface area (Å²) in [5.41, 5.74) is 2.79. The number of aromatic amines is 1. The Kier molecular flexibility index (Phi) is 7.61. The monoisotopic (exact) mass is 459 g/mol. The van der Waals surface area contributed by atoms with E-state index in [-0.39, 0.29) is 23.8 Å². The van der Waals surface area contributed by atoms with E-state index in [0.29, 0.717) is 53.6 Å². The third-order valence-corrected chi connectivity index (χ3v) is 6.06. The molecule has 1 aromatic heterocycles. The van der Waals surface area contributed by atoms with Crippen LogP contribution in [-0.4, -0.2) is 46.9 Å². The van der Waals surface area contributed by atoms with Crippen molar-refractivity contribution >= 4 is 29.4 Å². The second kappa shape index (κ2) is 10.2. The fourth-order valence-electron chi connectivity index (χ4n) is 4.05. The molecule has 8 heteroatoms. The first-order valence-corrected chi connectivity index (χ1v) is 11.3. The Bertz CT molecular complexity index is 1010. The quantitative estimate of drug-likeness (QED) is 0.638. The van der Waals surface area contributed by atoms with Crippen molar-refractivity contribution in [3.63, 3.8) is 0 Å². The average Bonchev–Trinajstić information content (AvgIpc) is 3.06. The van der Waals surface area contributed by atoms with Crippen molar-refractivity contribution in [2.45, 2.75) is 53.2 Å². The Balaban J connectivity index is 1.67. The van der Waals surface area contributed by atoms with Crippen molar-refractivity contribution in [2.24, 2.45) is 5.92 Å². The number of halogens is 1. The van der Waals surface area contributed by atoms with Crippen LogP contribution in [0, 0.1) is 19.8 Å². The van der Waals surface area contributed by atoms with Gasteiger partial charge < -0.3 is 19.9 Å². The van der Waals surface area contributed by atoms with Crippen LogP contribution in [0.25, 0.3) is 0 Å². The zero-order valence-electron chi connectivity index (χ0n) is 19.0. The van der Waals surface area contributed by atoms with E-state index in [1.54, 1.807) is 38.7 Å². The van der Waals surface area contributed by atoms with E-state index in [0.717, 1.165) is 12.0 Å². The SMILES string of the molecule is Cc1[nH]c(C(=O)N2CCC[C@H](C(=O)NCc3ccccc3Cl)C2)c(C)c1C(=O)OC(C)C. The molecule has 0 unspecified atom stereocenters. The zero-order valence-corrected chi connectivity index (χ0v) is 19.7. The number of carbonyl (C=O) groups excluding carboxylic acids is 3. The zero-order chi connectivity index (χ0) is 23.4. The summed E-state index contributed by atoms with van der Waals surface area (Å²) in [4.78, 5) is 43.1. The maximum absolute atomic E-state index is 13.2. The molecule has 1 saturated heterocycles. The molecule has 2 N–H and O–H groups in total. The van der Waals surface area contributed by atoms with Gasteiger partial charge in [0.2, 0.25) is 5.91 Å². The smallest absolute Gasteiger partial charge is 0.340 e. The maximum Gasteiger partial charge on any atom is 0.340 e. The van der Waals surface area contributed by atoms with Crippen LogP contribution in [-0.2, 0) is 16.1 Å². The number of likely N-dealkylation sites (tertiary alicyclic amines) is 1. The molecule has 0 spiro atoms. The van der Waals surface area contributed by atoms with Gasteiger partial charge in [-0.25, -0.2) is 4.79 Å². The van der Waals surface area contributed by atoms with Gasteiger partial charge in [-0.2, -0.15) is 0 Å². The van der Waals surface area contributed by atoms with E-state index >= 15 is 0 Å². The Morgan fingerprint density at radius 2 is 1.97 bits per heavy atom. The molecule has 32 heavy (non-hydrogen) atoms. The molecule has 1 aliphatic rings. The average molecular weight is 460 g/mol. The number of aryl methyl sites for hydroxylation is 1. The lowest BCUT2D eigenvalue weighted by Gasteiger charge is -2.32. The summed E-state index contributed by atoms with van der Waals surface area (Å²) < 4.78 is 5.31. The van der Waals surface area contributed by atoms with Gasteiger partial charge in [-0.05, 0) is 57.7 Å². The van der Waals surface area contributed by atoms with Crippen LogP contribution in [0.4, 0.5) is 0 Å². The van der Waals surface area contributed by atoms with Gasteiger partial charge in [0, 0.05) is 30.4 Å². The fourth-order valence-corrected chi connectivity index (χ4v) is 4.25. The number of aromatic nitrogens is 1. The summed E-state index contributed by atoms with van der Waals surface area (Å²) in [6, 6.07) is 7.38. The van der Waals surface area contributed by atoms with Gasteiger partial charge in [0.15, 0.2) is 0 Å². The lowest BCUT2D eigenvalue weighted by atomic mass is 9.96. The number of H-pyrrole nitrogens is 1. The van der Waals surface area contributed by atoms with Gasteiger partial charge in [0.25, 0.3) is 5.91 Å². The van der Waals surface area contributed by atoms with Gasteiger partial charge in [-0.3, -0.25) is 9.59 Å². The van der Waals surface area contributed by atoms with Gasteiger partial charge in [0.1, 0.15) is 5.69 Å². The molecular weight excluding hydrogens is 430 g/mol. The molecule has 2 aromatic rings. The van der Waals surface area contributed by atoms with Gasteiger partial charge in [0.05, 0.1) is 17.6 Å². The number of amides is 2. The van der Waals surface area contributed by atoms with Crippen LogP contribution in [0.5, 0.6) is 0 Å². The molecule has 0 saturated carbocycles. The highest BCUT2D eigenvalue weighted by atomic mass is 35.5. The van der Waals surface area contributed by atoms with Crippen LogP contribution < -0.4 is 5.32 Å². The largest absolute Gasteiger partial charge is 0.459 e. The highest BCUT2D eigenvalue weighted by Gasteiger charge is 2.32. The van der Waals surface area contributed by atoms with E-state index in [1.807, 2.05) is 18.2 Å². The molecule has 7 nitrogen and oxygen atoms in total. The summed E-state index contributed by atoms with van der Waals surface area (Å²) in [5, 5.41) is 3.55. The number of benzene rings is 1. The van der Waals surface area contributed by atoms with Crippen LogP contribution in [0.1, 0.15) is 64.4 Å². The predicted octanol–water partition coefficient (Wildman–Crippen LogP) is 4.02. The predicted molar refractivity (Wildman–Crippen MR) is 123 cm³/mol.